The van der Waals surface area contributed by atoms with Crippen LogP contribution in [0.25, 0.3) is 10.9 Å². The Balaban J connectivity index is 1.19. The molecule has 1 aromatic heterocycles. The molecule has 43 heavy (non-hydrogen) atoms. The number of nitrogens with zero attached hydrogens (tertiary/aromatic N) is 3. The molecule has 2 saturated carbocycles. The van der Waals surface area contributed by atoms with E-state index in [0.717, 1.165) is 37.2 Å². The first-order valence-corrected chi connectivity index (χ1v) is 15.9. The molecule has 0 radical (unpaired) electrons. The van der Waals surface area contributed by atoms with Crippen molar-refractivity contribution in [3.63, 3.8) is 0 Å². The van der Waals surface area contributed by atoms with E-state index in [1.165, 1.54) is 19.6 Å². The van der Waals surface area contributed by atoms with Gasteiger partial charge in [-0.1, -0.05) is 33.8 Å². The molecule has 6 rings (SSSR count). The number of fused-ring (bicyclic) bond motifs is 2. The smallest absolute Gasteiger partial charge is 0.261 e. The Bertz CT molecular complexity index is 1530. The molecular weight excluding hydrogens is 543 g/mol. The van der Waals surface area contributed by atoms with Crippen molar-refractivity contribution in [2.24, 2.45) is 29.1 Å². The van der Waals surface area contributed by atoms with E-state index in [9.17, 15) is 9.18 Å². The summed E-state index contributed by atoms with van der Waals surface area (Å²) in [4.78, 5) is 20.5. The minimum Gasteiger partial charge on any atom is -0.497 e. The van der Waals surface area contributed by atoms with Gasteiger partial charge in [-0.15, -0.1) is 0 Å². The molecule has 0 amide bonds. The Morgan fingerprint density at radius 3 is 2.72 bits per heavy atom. The molecule has 4 unspecified atom stereocenters. The van der Waals surface area contributed by atoms with Crippen LogP contribution in [0.3, 0.4) is 0 Å². The predicted octanol–water partition coefficient (Wildman–Crippen LogP) is 4.68. The van der Waals surface area contributed by atoms with Gasteiger partial charge in [0.05, 0.1) is 24.3 Å². The average molecular weight is 591 g/mol. The van der Waals surface area contributed by atoms with Crippen molar-refractivity contribution < 1.29 is 9.13 Å². The molecule has 2 aliphatic carbocycles. The zero-order valence-corrected chi connectivity index (χ0v) is 26.4. The first-order valence-electron chi connectivity index (χ1n) is 15.9. The normalized spacial score (nSPS) is 31.4. The predicted molar refractivity (Wildman–Crippen MR) is 170 cm³/mol. The molecule has 3 fully saturated rings. The maximum atomic E-state index is 14.4. The van der Waals surface area contributed by atoms with Gasteiger partial charge in [-0.25, -0.2) is 9.37 Å². The van der Waals surface area contributed by atoms with Gasteiger partial charge in [-0.05, 0) is 78.7 Å². The summed E-state index contributed by atoms with van der Waals surface area (Å²) in [5, 5.41) is 11.9. The lowest BCUT2D eigenvalue weighted by molar-refractivity contribution is 0.0818. The van der Waals surface area contributed by atoms with Gasteiger partial charge < -0.3 is 15.4 Å². The lowest BCUT2D eigenvalue weighted by Crippen LogP contribution is -2.62. The fourth-order valence-corrected chi connectivity index (χ4v) is 8.00. The van der Waals surface area contributed by atoms with Crippen molar-refractivity contribution in [2.45, 2.75) is 72.4 Å². The maximum Gasteiger partial charge on any atom is 0.261 e. The van der Waals surface area contributed by atoms with Crippen molar-refractivity contribution in [3.8, 4) is 5.75 Å². The number of benzene rings is 2. The van der Waals surface area contributed by atoms with Crippen LogP contribution in [-0.2, 0) is 13.0 Å². The Labute approximate surface area is 254 Å². The summed E-state index contributed by atoms with van der Waals surface area (Å²) in [6.07, 6.45) is 3.14. The van der Waals surface area contributed by atoms with E-state index in [-0.39, 0.29) is 17.7 Å². The number of piperazine rings is 1. The number of hydrogen-bond acceptors (Lipinski definition) is 7. The fourth-order valence-electron chi connectivity index (χ4n) is 8.00. The lowest BCUT2D eigenvalue weighted by atomic mass is 9.71. The summed E-state index contributed by atoms with van der Waals surface area (Å²) in [5.41, 5.74) is 2.47. The van der Waals surface area contributed by atoms with Gasteiger partial charge in [0, 0.05) is 50.0 Å². The summed E-state index contributed by atoms with van der Waals surface area (Å²) in [5.74, 6) is 2.97. The zero-order valence-electron chi connectivity index (χ0n) is 26.4. The number of ether oxygens (including phenoxy) is 1. The third kappa shape index (κ3) is 5.67. The quantitative estimate of drug-likeness (QED) is 0.312. The van der Waals surface area contributed by atoms with Crippen LogP contribution in [0.1, 0.15) is 46.6 Å². The summed E-state index contributed by atoms with van der Waals surface area (Å²) < 4.78 is 21.1. The monoisotopic (exact) mass is 590 g/mol. The first kappa shape index (κ1) is 30.0. The van der Waals surface area contributed by atoms with Crippen molar-refractivity contribution in [1.29, 1.82) is 0 Å². The summed E-state index contributed by atoms with van der Waals surface area (Å²) in [7, 11) is 1.51. The third-order valence-corrected chi connectivity index (χ3v) is 11.3. The summed E-state index contributed by atoms with van der Waals surface area (Å²) in [6, 6.07) is 11.5. The van der Waals surface area contributed by atoms with E-state index < -0.39 is 0 Å². The molecule has 8 atom stereocenters. The van der Waals surface area contributed by atoms with E-state index in [0.29, 0.717) is 64.5 Å². The standard InChI is InChI=1S/C34H47FN6O2/c1-20-18-40(14-12-36-20)33(39-30-17-28-23(4)34(28,5)22(3)21(30)2)38-25-8-10-27-31(15-25)37-19-41(32(27)42)13-11-24-7-9-26(43-6)16-29(24)35/h7-10,15-16,19-23,28,30,33,36,38-39H,11-14,17-18H2,1-6H3/t20-,21-,22-,23?,28-,30?,33?,34?/m0/s1. The van der Waals surface area contributed by atoms with E-state index in [1.807, 2.05) is 18.2 Å². The average Bonchev–Trinajstić information content (AvgIpc) is 3.54. The van der Waals surface area contributed by atoms with Crippen LogP contribution in [0.4, 0.5) is 10.1 Å². The highest BCUT2D eigenvalue weighted by Crippen LogP contribution is 2.69. The Morgan fingerprint density at radius 1 is 1.16 bits per heavy atom. The molecule has 2 heterocycles. The maximum absolute atomic E-state index is 14.4. The topological polar surface area (TPSA) is 83.4 Å². The SMILES string of the molecule is COc1ccc(CCn2cnc3cc(NC(NC4C[C@H]5C(C)C5(C)[C@@H](C)[C@@H]4C)N4CCN[C@@H](C)C4)ccc3c2=O)c(F)c1. The first-order chi connectivity index (χ1) is 20.6. The molecule has 3 aromatic rings. The number of halogens is 1. The second-order valence-electron chi connectivity index (χ2n) is 13.5. The lowest BCUT2D eigenvalue weighted by Gasteiger charge is -2.44. The van der Waals surface area contributed by atoms with Gasteiger partial charge in [0.2, 0.25) is 0 Å². The van der Waals surface area contributed by atoms with Crippen molar-refractivity contribution >= 4 is 16.6 Å². The van der Waals surface area contributed by atoms with Gasteiger partial charge in [-0.2, -0.15) is 0 Å². The van der Waals surface area contributed by atoms with Crippen molar-refractivity contribution in [3.05, 3.63) is 64.5 Å². The van der Waals surface area contributed by atoms with E-state index >= 15 is 0 Å². The number of aryl methyl sites for hydroxylation is 2. The van der Waals surface area contributed by atoms with Crippen LogP contribution in [-0.4, -0.2) is 59.6 Å². The van der Waals surface area contributed by atoms with Gasteiger partial charge in [0.15, 0.2) is 0 Å². The molecule has 0 bridgehead atoms. The van der Waals surface area contributed by atoms with Crippen LogP contribution in [0.15, 0.2) is 47.5 Å². The van der Waals surface area contributed by atoms with Crippen LogP contribution >= 0.6 is 0 Å². The van der Waals surface area contributed by atoms with Gasteiger partial charge in [0.1, 0.15) is 17.9 Å². The minimum atomic E-state index is -0.336. The molecule has 3 aliphatic rings. The van der Waals surface area contributed by atoms with Crippen LogP contribution < -0.4 is 26.2 Å². The summed E-state index contributed by atoms with van der Waals surface area (Å²) >= 11 is 0. The molecule has 1 saturated heterocycles. The second-order valence-corrected chi connectivity index (χ2v) is 13.5. The highest BCUT2D eigenvalue weighted by atomic mass is 19.1. The molecule has 8 nitrogen and oxygen atoms in total. The van der Waals surface area contributed by atoms with Crippen LogP contribution in [0.2, 0.25) is 0 Å². The molecule has 3 N–H and O–H groups in total. The van der Waals surface area contributed by atoms with Crippen molar-refractivity contribution in [2.75, 3.05) is 32.1 Å². The molecule has 2 aromatic carbocycles. The number of rotatable bonds is 9. The Hall–Kier alpha value is -3.01. The van der Waals surface area contributed by atoms with Gasteiger partial charge in [0.25, 0.3) is 5.56 Å². The highest BCUT2D eigenvalue weighted by molar-refractivity contribution is 5.81. The second kappa shape index (κ2) is 11.8. The molecular formula is C34H47FN6O2. The number of anilines is 1. The Morgan fingerprint density at radius 2 is 1.98 bits per heavy atom. The summed E-state index contributed by atoms with van der Waals surface area (Å²) in [6.45, 7) is 15.2. The molecule has 232 valence electrons. The van der Waals surface area contributed by atoms with E-state index in [1.54, 1.807) is 23.0 Å². The van der Waals surface area contributed by atoms with Crippen molar-refractivity contribution in [1.82, 2.24) is 25.1 Å². The van der Waals surface area contributed by atoms with Crippen LogP contribution in [0.5, 0.6) is 5.75 Å². The fraction of sp³-hybridized carbons (Fsp3) is 0.588. The number of aromatic nitrogens is 2. The number of hydrogen-bond donors (Lipinski definition) is 3. The van der Waals surface area contributed by atoms with Gasteiger partial charge >= 0.3 is 0 Å². The molecule has 1 aliphatic heterocycles. The molecule has 0 spiro atoms. The van der Waals surface area contributed by atoms with E-state index in [4.69, 9.17) is 4.74 Å². The number of methoxy groups -OCH3 is 1. The van der Waals surface area contributed by atoms with E-state index in [2.05, 4.69) is 60.5 Å². The largest absolute Gasteiger partial charge is 0.497 e. The Kier molecular flexibility index (Phi) is 8.26. The van der Waals surface area contributed by atoms with Crippen LogP contribution in [0, 0.1) is 34.9 Å². The zero-order chi connectivity index (χ0) is 30.5. The number of nitrogens with one attached hydrogen (secondary N) is 3. The molecule has 9 heteroatoms. The highest BCUT2D eigenvalue weighted by Gasteiger charge is 2.65. The van der Waals surface area contributed by atoms with Gasteiger partial charge in [-0.3, -0.25) is 19.6 Å². The third-order valence-electron chi connectivity index (χ3n) is 11.3. The minimum absolute atomic E-state index is 0.0279.